The molecule has 0 heterocycles. The van der Waals surface area contributed by atoms with Gasteiger partial charge in [-0.25, -0.2) is 0 Å². The predicted octanol–water partition coefficient (Wildman–Crippen LogP) is 0.960. The van der Waals surface area contributed by atoms with Gasteiger partial charge in [0.1, 0.15) is 6.54 Å². The summed E-state index contributed by atoms with van der Waals surface area (Å²) < 4.78 is 40.4. The van der Waals surface area contributed by atoms with Crippen molar-refractivity contribution in [2.24, 2.45) is 0 Å². The minimum absolute atomic E-state index is 0.0661. The minimum Gasteiger partial charge on any atom is -0.465 e. The number of esters is 1. The van der Waals surface area contributed by atoms with Crippen LogP contribution in [-0.4, -0.2) is 42.6 Å². The largest absolute Gasteiger partial charge is 0.471 e. The van der Waals surface area contributed by atoms with Crippen molar-refractivity contribution >= 4 is 11.9 Å². The lowest BCUT2D eigenvalue weighted by molar-refractivity contribution is -0.186. The third kappa shape index (κ3) is 4.66. The van der Waals surface area contributed by atoms with Gasteiger partial charge in [-0.3, -0.25) is 9.59 Å². The molecule has 0 aliphatic rings. The van der Waals surface area contributed by atoms with Crippen molar-refractivity contribution < 1.29 is 27.5 Å². The zero-order valence-corrected chi connectivity index (χ0v) is 8.43. The number of nitrogens with zero attached hydrogens (tertiary/aromatic N) is 1. The molecule has 15 heavy (non-hydrogen) atoms. The fourth-order valence-corrected chi connectivity index (χ4v) is 0.869. The molecule has 0 radical (unpaired) electrons. The molecule has 0 spiro atoms. The molecule has 0 atom stereocenters. The first-order valence-corrected chi connectivity index (χ1v) is 4.34. The van der Waals surface area contributed by atoms with Gasteiger partial charge in [-0.1, -0.05) is 0 Å². The lowest BCUT2D eigenvalue weighted by Gasteiger charge is -2.20. The maximum absolute atomic E-state index is 12.0. The van der Waals surface area contributed by atoms with Crippen LogP contribution in [0, 0.1) is 0 Å². The maximum Gasteiger partial charge on any atom is 0.471 e. The molecule has 0 aliphatic carbocycles. The van der Waals surface area contributed by atoms with Crippen LogP contribution in [-0.2, 0) is 14.3 Å². The van der Waals surface area contributed by atoms with E-state index in [9.17, 15) is 22.8 Å². The van der Waals surface area contributed by atoms with Crippen molar-refractivity contribution in [3.05, 3.63) is 0 Å². The quantitative estimate of drug-likeness (QED) is 0.672. The van der Waals surface area contributed by atoms with Gasteiger partial charge in [0.2, 0.25) is 0 Å². The highest BCUT2D eigenvalue weighted by Crippen LogP contribution is 2.18. The topological polar surface area (TPSA) is 46.6 Å². The lowest BCUT2D eigenvalue weighted by Crippen LogP contribution is -2.44. The van der Waals surface area contributed by atoms with E-state index in [-0.39, 0.29) is 13.2 Å². The van der Waals surface area contributed by atoms with Crippen LogP contribution >= 0.6 is 0 Å². The molecule has 0 bridgehead atoms. The molecule has 0 aromatic carbocycles. The standard InChI is InChI=1S/C8H12F3NO3/c1-3-12(5-6(13)15-4-2)7(14)8(9,10)11/h3-5H2,1-2H3. The summed E-state index contributed by atoms with van der Waals surface area (Å²) in [6.07, 6.45) is -4.96. The molecule has 1 amide bonds. The number of hydrogen-bond donors (Lipinski definition) is 0. The van der Waals surface area contributed by atoms with Gasteiger partial charge in [-0.15, -0.1) is 0 Å². The van der Waals surface area contributed by atoms with E-state index in [0.717, 1.165) is 0 Å². The number of alkyl halides is 3. The molecule has 0 aromatic rings. The van der Waals surface area contributed by atoms with Crippen molar-refractivity contribution in [1.29, 1.82) is 0 Å². The lowest BCUT2D eigenvalue weighted by atomic mass is 10.4. The third-order valence-corrected chi connectivity index (χ3v) is 1.54. The SMILES string of the molecule is CCOC(=O)CN(CC)C(=O)C(F)(F)F. The molecule has 0 saturated carbocycles. The average Bonchev–Trinajstić information content (AvgIpc) is 2.12. The first-order chi connectivity index (χ1) is 6.82. The maximum atomic E-state index is 12.0. The van der Waals surface area contributed by atoms with E-state index in [1.165, 1.54) is 13.8 Å². The van der Waals surface area contributed by atoms with Crippen LogP contribution in [0.4, 0.5) is 13.2 Å². The van der Waals surface area contributed by atoms with E-state index in [1.54, 1.807) is 0 Å². The number of carbonyl (C=O) groups excluding carboxylic acids is 2. The van der Waals surface area contributed by atoms with Gasteiger partial charge < -0.3 is 9.64 Å². The first-order valence-electron chi connectivity index (χ1n) is 4.34. The fraction of sp³-hybridized carbons (Fsp3) is 0.750. The molecule has 7 heteroatoms. The summed E-state index contributed by atoms with van der Waals surface area (Å²) in [6.45, 7) is 2.07. The molecule has 4 nitrogen and oxygen atoms in total. The van der Waals surface area contributed by atoms with E-state index in [2.05, 4.69) is 4.74 Å². The number of amides is 1. The number of carbonyl (C=O) groups is 2. The van der Waals surface area contributed by atoms with Gasteiger partial charge in [-0.2, -0.15) is 13.2 Å². The second-order valence-corrected chi connectivity index (χ2v) is 2.62. The smallest absolute Gasteiger partial charge is 0.465 e. The van der Waals surface area contributed by atoms with Gasteiger partial charge in [-0.05, 0) is 13.8 Å². The fourth-order valence-electron chi connectivity index (χ4n) is 0.869. The second kappa shape index (κ2) is 5.57. The van der Waals surface area contributed by atoms with Crippen molar-refractivity contribution in [3.8, 4) is 0 Å². The summed E-state index contributed by atoms with van der Waals surface area (Å²) >= 11 is 0. The van der Waals surface area contributed by atoms with Crippen LogP contribution < -0.4 is 0 Å². The Balaban J connectivity index is 4.38. The Bertz CT molecular complexity index is 240. The first kappa shape index (κ1) is 13.7. The number of hydrogen-bond acceptors (Lipinski definition) is 3. The van der Waals surface area contributed by atoms with Gasteiger partial charge in [0.25, 0.3) is 0 Å². The Morgan fingerprint density at radius 1 is 1.27 bits per heavy atom. The predicted molar refractivity (Wildman–Crippen MR) is 44.9 cm³/mol. The van der Waals surface area contributed by atoms with Crippen LogP contribution in [0.1, 0.15) is 13.8 Å². The second-order valence-electron chi connectivity index (χ2n) is 2.62. The van der Waals surface area contributed by atoms with Crippen molar-refractivity contribution in [3.63, 3.8) is 0 Å². The van der Waals surface area contributed by atoms with Gasteiger partial charge >= 0.3 is 18.1 Å². The third-order valence-electron chi connectivity index (χ3n) is 1.54. The molecular weight excluding hydrogens is 215 g/mol. The molecule has 0 unspecified atom stereocenters. The molecule has 0 saturated heterocycles. The minimum atomic E-state index is -4.96. The molecule has 0 aliphatic heterocycles. The van der Waals surface area contributed by atoms with Crippen molar-refractivity contribution in [1.82, 2.24) is 4.90 Å². The van der Waals surface area contributed by atoms with Gasteiger partial charge in [0, 0.05) is 6.54 Å². The van der Waals surface area contributed by atoms with Crippen LogP contribution in [0.3, 0.4) is 0 Å². The average molecular weight is 227 g/mol. The number of likely N-dealkylation sites (N-methyl/N-ethyl adjacent to an activating group) is 1. The Kier molecular flexibility index (Phi) is 5.10. The number of rotatable bonds is 4. The zero-order chi connectivity index (χ0) is 12.1. The number of ether oxygens (including phenoxy) is 1. The van der Waals surface area contributed by atoms with Crippen LogP contribution in [0.25, 0.3) is 0 Å². The highest BCUT2D eigenvalue weighted by atomic mass is 19.4. The van der Waals surface area contributed by atoms with E-state index in [1.807, 2.05) is 0 Å². The highest BCUT2D eigenvalue weighted by Gasteiger charge is 2.42. The summed E-state index contributed by atoms with van der Waals surface area (Å²) in [5, 5.41) is 0. The Labute approximate surface area is 85.0 Å². The Morgan fingerprint density at radius 3 is 2.13 bits per heavy atom. The zero-order valence-electron chi connectivity index (χ0n) is 8.43. The van der Waals surface area contributed by atoms with Crippen LogP contribution in [0.2, 0.25) is 0 Å². The van der Waals surface area contributed by atoms with Crippen LogP contribution in [0.5, 0.6) is 0 Å². The Morgan fingerprint density at radius 2 is 1.80 bits per heavy atom. The van der Waals surface area contributed by atoms with E-state index >= 15 is 0 Å². The normalized spacial score (nSPS) is 11.0. The number of halogens is 3. The summed E-state index contributed by atoms with van der Waals surface area (Å²) in [4.78, 5) is 22.0. The monoisotopic (exact) mass is 227 g/mol. The van der Waals surface area contributed by atoms with Crippen molar-refractivity contribution in [2.75, 3.05) is 19.7 Å². The van der Waals surface area contributed by atoms with Gasteiger partial charge in [0.05, 0.1) is 6.61 Å². The molecule has 88 valence electrons. The van der Waals surface area contributed by atoms with E-state index < -0.39 is 24.6 Å². The molecule has 0 fully saturated rings. The van der Waals surface area contributed by atoms with Crippen LogP contribution in [0.15, 0.2) is 0 Å². The van der Waals surface area contributed by atoms with Gasteiger partial charge in [0.15, 0.2) is 0 Å². The molecule has 0 aromatic heterocycles. The molecule has 0 N–H and O–H groups in total. The highest BCUT2D eigenvalue weighted by molar-refractivity contribution is 5.85. The summed E-state index contributed by atoms with van der Waals surface area (Å²) in [5.74, 6) is -2.88. The summed E-state index contributed by atoms with van der Waals surface area (Å²) in [5.41, 5.74) is 0. The molecule has 0 rings (SSSR count). The summed E-state index contributed by atoms with van der Waals surface area (Å²) in [7, 11) is 0. The van der Waals surface area contributed by atoms with Crippen molar-refractivity contribution in [2.45, 2.75) is 20.0 Å². The van der Waals surface area contributed by atoms with E-state index in [4.69, 9.17) is 0 Å². The van der Waals surface area contributed by atoms with E-state index in [0.29, 0.717) is 4.90 Å². The molecular formula is C8H12F3NO3. The Hall–Kier alpha value is -1.27. The summed E-state index contributed by atoms with van der Waals surface area (Å²) in [6, 6.07) is 0.